The minimum atomic E-state index is -1.25. The molecule has 30 valence electrons. The lowest BCUT2D eigenvalue weighted by Gasteiger charge is -1.60. The number of hydrogen-bond acceptors (Lipinski definition) is 2. The van der Waals surface area contributed by atoms with Crippen LogP contribution < -0.4 is 0 Å². The SMILES string of the molecule is CS(=O)C=O. The minimum absolute atomic E-state index is 0.389. The minimum Gasteiger partial charge on any atom is -0.288 e. The highest BCUT2D eigenvalue weighted by Crippen LogP contribution is 1.52. The first-order valence-electron chi connectivity index (χ1n) is 1.05. The van der Waals surface area contributed by atoms with Crippen molar-refractivity contribution in [3.8, 4) is 0 Å². The van der Waals surface area contributed by atoms with E-state index >= 15 is 0 Å². The molecule has 0 fully saturated rings. The van der Waals surface area contributed by atoms with Crippen LogP contribution in [0.25, 0.3) is 0 Å². The Morgan fingerprint density at radius 2 is 2.00 bits per heavy atom. The van der Waals surface area contributed by atoms with Crippen molar-refractivity contribution in [1.82, 2.24) is 0 Å². The molecule has 1 unspecified atom stereocenters. The largest absolute Gasteiger partial charge is 0.288 e. The molecular weight excluding hydrogens is 88.1 g/mol. The summed E-state index contributed by atoms with van der Waals surface area (Å²) in [4.78, 5) is 9.20. The summed E-state index contributed by atoms with van der Waals surface area (Å²) in [5.41, 5.74) is 0.389. The lowest BCUT2D eigenvalue weighted by molar-refractivity contribution is 0.567. The van der Waals surface area contributed by atoms with E-state index in [4.69, 9.17) is 0 Å². The second-order valence-electron chi connectivity index (χ2n) is 0.595. The van der Waals surface area contributed by atoms with Gasteiger partial charge >= 0.3 is 0 Å². The van der Waals surface area contributed by atoms with Gasteiger partial charge in [-0.2, -0.15) is 0 Å². The lowest BCUT2D eigenvalue weighted by Crippen LogP contribution is -1.79. The third-order valence-electron chi connectivity index (χ3n) is 0.136. The van der Waals surface area contributed by atoms with Crippen molar-refractivity contribution in [2.75, 3.05) is 6.26 Å². The van der Waals surface area contributed by atoms with Crippen LogP contribution in [0.5, 0.6) is 0 Å². The molecule has 3 heteroatoms. The number of hydrogen-bond donors (Lipinski definition) is 0. The molecule has 0 aromatic carbocycles. The Bertz CT molecular complexity index is 58.7. The van der Waals surface area contributed by atoms with Crippen LogP contribution in [0.2, 0.25) is 0 Å². The zero-order valence-corrected chi connectivity index (χ0v) is 3.62. The van der Waals surface area contributed by atoms with Crippen LogP contribution in [0.4, 0.5) is 0 Å². The molecule has 0 aliphatic rings. The molecule has 0 spiro atoms. The Kier molecular flexibility index (Phi) is 2.01. The fourth-order valence-electron chi connectivity index (χ4n) is 0. The Hall–Kier alpha value is -0.180. The summed E-state index contributed by atoms with van der Waals surface area (Å²) in [5.74, 6) is 0. The van der Waals surface area contributed by atoms with Crippen molar-refractivity contribution in [3.05, 3.63) is 0 Å². The predicted octanol–water partition coefficient (Wildman–Crippen LogP) is -0.445. The molecule has 0 aromatic rings. The molecule has 0 amide bonds. The van der Waals surface area contributed by atoms with Crippen LogP contribution in [0.1, 0.15) is 0 Å². The Balaban J connectivity index is 3.20. The van der Waals surface area contributed by atoms with Gasteiger partial charge < -0.3 is 0 Å². The number of rotatable bonds is 1. The highest BCUT2D eigenvalue weighted by Gasteiger charge is 1.72. The Morgan fingerprint density at radius 3 is 2.00 bits per heavy atom. The van der Waals surface area contributed by atoms with Gasteiger partial charge in [-0.05, 0) is 0 Å². The number of carbonyl (C=O) groups excluding carboxylic acids is 1. The molecule has 2 nitrogen and oxygen atoms in total. The average molecular weight is 92.1 g/mol. The molecule has 1 atom stereocenters. The maximum absolute atomic E-state index is 9.56. The molecule has 5 heavy (non-hydrogen) atoms. The number of carbonyl (C=O) groups is 1. The van der Waals surface area contributed by atoms with E-state index in [2.05, 4.69) is 0 Å². The third-order valence-corrected chi connectivity index (χ3v) is 0.407. The molecule has 0 aliphatic heterocycles. The van der Waals surface area contributed by atoms with E-state index < -0.39 is 10.8 Å². The summed E-state index contributed by atoms with van der Waals surface area (Å²) in [6, 6.07) is 0. The molecule has 0 rings (SSSR count). The van der Waals surface area contributed by atoms with Gasteiger partial charge in [-0.25, -0.2) is 0 Å². The van der Waals surface area contributed by atoms with Crippen LogP contribution in [-0.2, 0) is 15.6 Å². The van der Waals surface area contributed by atoms with Gasteiger partial charge in [0.2, 0.25) is 5.62 Å². The summed E-state index contributed by atoms with van der Waals surface area (Å²) in [7, 11) is -1.25. The van der Waals surface area contributed by atoms with Gasteiger partial charge in [0, 0.05) is 6.26 Å². The van der Waals surface area contributed by atoms with Crippen molar-refractivity contribution < 1.29 is 9.00 Å². The standard InChI is InChI=1S/C2H4O2S/c1-5(4)2-3/h2H,1H3. The topological polar surface area (TPSA) is 34.1 Å². The van der Waals surface area contributed by atoms with E-state index in [1.165, 1.54) is 6.26 Å². The van der Waals surface area contributed by atoms with Crippen LogP contribution in [0, 0.1) is 0 Å². The van der Waals surface area contributed by atoms with Crippen LogP contribution >= 0.6 is 0 Å². The zero-order chi connectivity index (χ0) is 4.28. The van der Waals surface area contributed by atoms with Gasteiger partial charge in [0.1, 0.15) is 0 Å². The second kappa shape index (κ2) is 2.08. The molecule has 0 bridgehead atoms. The normalized spacial score (nSPS) is 13.8. The monoisotopic (exact) mass is 92.0 g/mol. The van der Waals surface area contributed by atoms with Gasteiger partial charge in [-0.1, -0.05) is 0 Å². The molecule has 0 radical (unpaired) electrons. The maximum Gasteiger partial charge on any atom is 0.205 e. The molecule has 0 aliphatic carbocycles. The van der Waals surface area contributed by atoms with Crippen LogP contribution in [-0.4, -0.2) is 16.1 Å². The van der Waals surface area contributed by atoms with E-state index in [0.717, 1.165) is 0 Å². The van der Waals surface area contributed by atoms with E-state index in [9.17, 15) is 9.00 Å². The van der Waals surface area contributed by atoms with Gasteiger partial charge in [-0.3, -0.25) is 9.00 Å². The Labute approximate surface area is 32.6 Å². The fourth-order valence-corrected chi connectivity index (χ4v) is 0. The summed E-state index contributed by atoms with van der Waals surface area (Å²) >= 11 is 0. The zero-order valence-electron chi connectivity index (χ0n) is 2.80. The van der Waals surface area contributed by atoms with E-state index in [1.807, 2.05) is 0 Å². The summed E-state index contributed by atoms with van der Waals surface area (Å²) in [5, 5.41) is 0. The van der Waals surface area contributed by atoms with E-state index in [0.29, 0.717) is 5.62 Å². The summed E-state index contributed by atoms with van der Waals surface area (Å²) in [6.45, 7) is 0. The molecule has 0 heterocycles. The second-order valence-corrected chi connectivity index (χ2v) is 1.78. The van der Waals surface area contributed by atoms with E-state index in [1.54, 1.807) is 0 Å². The first kappa shape index (κ1) is 4.82. The summed E-state index contributed by atoms with van der Waals surface area (Å²) in [6.07, 6.45) is 1.33. The van der Waals surface area contributed by atoms with Crippen molar-refractivity contribution in [3.63, 3.8) is 0 Å². The highest BCUT2D eigenvalue weighted by atomic mass is 32.2. The smallest absolute Gasteiger partial charge is 0.205 e. The molecular formula is C2H4O2S. The average Bonchev–Trinajstić information content (AvgIpc) is 1.38. The van der Waals surface area contributed by atoms with Gasteiger partial charge in [0.15, 0.2) is 0 Å². The van der Waals surface area contributed by atoms with Crippen molar-refractivity contribution in [1.29, 1.82) is 0 Å². The predicted molar refractivity (Wildman–Crippen MR) is 20.8 cm³/mol. The van der Waals surface area contributed by atoms with Crippen molar-refractivity contribution in [2.24, 2.45) is 0 Å². The van der Waals surface area contributed by atoms with E-state index in [-0.39, 0.29) is 0 Å². The summed E-state index contributed by atoms with van der Waals surface area (Å²) < 4.78 is 9.56. The maximum atomic E-state index is 9.56. The van der Waals surface area contributed by atoms with Crippen LogP contribution in [0.15, 0.2) is 0 Å². The molecule has 0 saturated carbocycles. The lowest BCUT2D eigenvalue weighted by atomic mass is 11.8. The molecule has 0 aromatic heterocycles. The van der Waals surface area contributed by atoms with Crippen molar-refractivity contribution >= 4 is 16.4 Å². The highest BCUT2D eigenvalue weighted by molar-refractivity contribution is 7.97. The Morgan fingerprint density at radius 1 is 1.80 bits per heavy atom. The first-order valence-corrected chi connectivity index (χ1v) is 2.67. The van der Waals surface area contributed by atoms with Gasteiger partial charge in [0.05, 0.1) is 10.8 Å². The van der Waals surface area contributed by atoms with Gasteiger partial charge in [0.25, 0.3) is 0 Å². The molecule has 0 N–H and O–H groups in total. The quantitative estimate of drug-likeness (QED) is 0.411. The molecule has 0 saturated heterocycles. The van der Waals surface area contributed by atoms with Gasteiger partial charge in [-0.15, -0.1) is 0 Å². The van der Waals surface area contributed by atoms with Crippen molar-refractivity contribution in [2.45, 2.75) is 0 Å². The fraction of sp³-hybridized carbons (Fsp3) is 0.500. The first-order chi connectivity index (χ1) is 2.27. The van der Waals surface area contributed by atoms with Crippen LogP contribution in [0.3, 0.4) is 0 Å². The third kappa shape index (κ3) is 3.82.